The first-order valence-corrected chi connectivity index (χ1v) is 7.12. The quantitative estimate of drug-likeness (QED) is 0.723. The van der Waals surface area contributed by atoms with Crippen molar-refractivity contribution >= 4 is 10.0 Å². The van der Waals surface area contributed by atoms with Gasteiger partial charge in [-0.15, -0.1) is 0 Å². The smallest absolute Gasteiger partial charge is 0.244 e. The molecule has 1 fully saturated rings. The lowest BCUT2D eigenvalue weighted by atomic mass is 10.2. The second kappa shape index (κ2) is 4.40. The molecule has 0 amide bonds. The molecule has 0 spiro atoms. The van der Waals surface area contributed by atoms with Crippen LogP contribution in [0.25, 0.3) is 0 Å². The summed E-state index contributed by atoms with van der Waals surface area (Å²) in [6, 6.07) is -0.381. The fraction of sp³-hybridized carbons (Fsp3) is 0.700. The Morgan fingerprint density at radius 3 is 2.59 bits per heavy atom. The highest BCUT2D eigenvalue weighted by Crippen LogP contribution is 2.23. The Kier molecular flexibility index (Phi) is 3.24. The summed E-state index contributed by atoms with van der Waals surface area (Å²) in [6.07, 6.45) is 1.59. The third kappa shape index (κ3) is 2.36. The molecule has 0 aliphatic heterocycles. The average molecular weight is 259 g/mol. The van der Waals surface area contributed by atoms with Gasteiger partial charge in [0.2, 0.25) is 10.0 Å². The highest BCUT2D eigenvalue weighted by molar-refractivity contribution is 7.89. The van der Waals surface area contributed by atoms with E-state index in [0.29, 0.717) is 24.2 Å². The first kappa shape index (κ1) is 12.5. The summed E-state index contributed by atoms with van der Waals surface area (Å²) in [5.74, 6) is 0. The van der Waals surface area contributed by atoms with Crippen LogP contribution < -0.4 is 4.72 Å². The predicted octanol–water partition coefficient (Wildman–Crippen LogP) is 0.218. The SMILES string of the molecule is Cc1n[nH]c(C)c1S(=O)(=O)NC1CCCC1O. The minimum absolute atomic E-state index is 0.191. The molecule has 1 aromatic rings. The molecule has 17 heavy (non-hydrogen) atoms. The van der Waals surface area contributed by atoms with Crippen LogP contribution in [-0.4, -0.2) is 35.9 Å². The van der Waals surface area contributed by atoms with E-state index >= 15 is 0 Å². The Morgan fingerprint density at radius 2 is 2.12 bits per heavy atom. The molecule has 2 atom stereocenters. The van der Waals surface area contributed by atoms with Crippen LogP contribution in [0.3, 0.4) is 0 Å². The molecule has 1 saturated carbocycles. The van der Waals surface area contributed by atoms with Gasteiger partial charge >= 0.3 is 0 Å². The highest BCUT2D eigenvalue weighted by Gasteiger charge is 2.31. The van der Waals surface area contributed by atoms with Gasteiger partial charge in [0, 0.05) is 6.04 Å². The van der Waals surface area contributed by atoms with Crippen molar-refractivity contribution in [3.05, 3.63) is 11.4 Å². The zero-order chi connectivity index (χ0) is 12.6. The third-order valence-corrected chi connectivity index (χ3v) is 4.87. The number of aryl methyl sites for hydroxylation is 2. The molecule has 1 aliphatic carbocycles. The maximum absolute atomic E-state index is 12.2. The van der Waals surface area contributed by atoms with Gasteiger partial charge in [-0.05, 0) is 33.1 Å². The number of sulfonamides is 1. The number of rotatable bonds is 3. The number of hydrogen-bond donors (Lipinski definition) is 3. The molecule has 2 rings (SSSR count). The molecule has 0 radical (unpaired) electrons. The topological polar surface area (TPSA) is 95.1 Å². The number of H-pyrrole nitrogens is 1. The van der Waals surface area contributed by atoms with Crippen LogP contribution in [0, 0.1) is 13.8 Å². The van der Waals surface area contributed by atoms with Crippen molar-refractivity contribution in [1.82, 2.24) is 14.9 Å². The van der Waals surface area contributed by atoms with Gasteiger partial charge in [-0.1, -0.05) is 0 Å². The number of aromatic nitrogens is 2. The van der Waals surface area contributed by atoms with Gasteiger partial charge in [0.05, 0.1) is 17.5 Å². The molecular formula is C10H17N3O3S. The number of nitrogens with one attached hydrogen (secondary N) is 2. The summed E-state index contributed by atoms with van der Waals surface area (Å²) in [4.78, 5) is 0.191. The lowest BCUT2D eigenvalue weighted by Crippen LogP contribution is -2.40. The molecular weight excluding hydrogens is 242 g/mol. The first-order chi connectivity index (χ1) is 7.92. The number of aliphatic hydroxyl groups excluding tert-OH is 1. The second-order valence-electron chi connectivity index (χ2n) is 4.49. The van der Waals surface area contributed by atoms with Crippen LogP contribution >= 0.6 is 0 Å². The van der Waals surface area contributed by atoms with Crippen LogP contribution in [0.15, 0.2) is 4.90 Å². The van der Waals surface area contributed by atoms with Gasteiger partial charge in [-0.3, -0.25) is 5.10 Å². The number of aliphatic hydroxyl groups is 1. The molecule has 6 nitrogen and oxygen atoms in total. The molecule has 1 aromatic heterocycles. The Morgan fingerprint density at radius 1 is 1.41 bits per heavy atom. The Balaban J connectivity index is 2.25. The standard InChI is InChI=1S/C10H17N3O3S/c1-6-10(7(2)12-11-6)17(15,16)13-8-4-3-5-9(8)14/h8-9,13-14H,3-5H2,1-2H3,(H,11,12). The van der Waals surface area contributed by atoms with E-state index in [9.17, 15) is 13.5 Å². The zero-order valence-electron chi connectivity index (χ0n) is 9.90. The van der Waals surface area contributed by atoms with Crippen LogP contribution in [0.4, 0.5) is 0 Å². The van der Waals surface area contributed by atoms with Crippen LogP contribution in [0.2, 0.25) is 0 Å². The van der Waals surface area contributed by atoms with Crippen molar-refractivity contribution in [3.63, 3.8) is 0 Å². The zero-order valence-corrected chi connectivity index (χ0v) is 10.7. The van der Waals surface area contributed by atoms with Crippen molar-refractivity contribution in [1.29, 1.82) is 0 Å². The van der Waals surface area contributed by atoms with E-state index in [2.05, 4.69) is 14.9 Å². The fourth-order valence-electron chi connectivity index (χ4n) is 2.27. The van der Waals surface area contributed by atoms with Crippen LogP contribution in [-0.2, 0) is 10.0 Å². The van der Waals surface area contributed by atoms with E-state index in [4.69, 9.17) is 0 Å². The van der Waals surface area contributed by atoms with E-state index < -0.39 is 16.1 Å². The lowest BCUT2D eigenvalue weighted by molar-refractivity contribution is 0.159. The fourth-order valence-corrected chi connectivity index (χ4v) is 3.95. The summed E-state index contributed by atoms with van der Waals surface area (Å²) in [5.41, 5.74) is 0.963. The minimum Gasteiger partial charge on any atom is -0.391 e. The summed E-state index contributed by atoms with van der Waals surface area (Å²) in [5, 5.41) is 16.2. The molecule has 0 aromatic carbocycles. The maximum atomic E-state index is 12.2. The van der Waals surface area contributed by atoms with Crippen molar-refractivity contribution in [2.45, 2.75) is 50.2 Å². The van der Waals surface area contributed by atoms with Crippen LogP contribution in [0.5, 0.6) is 0 Å². The van der Waals surface area contributed by atoms with Crippen molar-refractivity contribution in [2.75, 3.05) is 0 Å². The Bertz CT molecular complexity index is 489. The molecule has 7 heteroatoms. The summed E-state index contributed by atoms with van der Waals surface area (Å²) < 4.78 is 26.9. The van der Waals surface area contributed by atoms with Gasteiger partial charge < -0.3 is 5.11 Å². The van der Waals surface area contributed by atoms with Gasteiger partial charge in [0.25, 0.3) is 0 Å². The lowest BCUT2D eigenvalue weighted by Gasteiger charge is -2.16. The molecule has 1 heterocycles. The monoisotopic (exact) mass is 259 g/mol. The van der Waals surface area contributed by atoms with E-state index in [1.807, 2.05) is 0 Å². The van der Waals surface area contributed by atoms with Gasteiger partial charge in [-0.2, -0.15) is 5.10 Å². The normalized spacial score (nSPS) is 25.4. The Hall–Kier alpha value is -0.920. The third-order valence-electron chi connectivity index (χ3n) is 3.12. The van der Waals surface area contributed by atoms with E-state index in [-0.39, 0.29) is 10.9 Å². The minimum atomic E-state index is -3.60. The maximum Gasteiger partial charge on any atom is 0.244 e. The number of hydrogen-bond acceptors (Lipinski definition) is 4. The molecule has 0 bridgehead atoms. The van der Waals surface area contributed by atoms with Crippen molar-refractivity contribution in [3.8, 4) is 0 Å². The molecule has 0 saturated heterocycles. The Labute approximate surface area is 100 Å². The summed E-state index contributed by atoms with van der Waals surface area (Å²) in [7, 11) is -3.60. The van der Waals surface area contributed by atoms with Crippen molar-refractivity contribution < 1.29 is 13.5 Å². The first-order valence-electron chi connectivity index (χ1n) is 5.64. The number of aromatic amines is 1. The van der Waals surface area contributed by atoms with Crippen LogP contribution in [0.1, 0.15) is 30.7 Å². The van der Waals surface area contributed by atoms with Crippen molar-refractivity contribution in [2.24, 2.45) is 0 Å². The van der Waals surface area contributed by atoms with Gasteiger partial charge in [0.1, 0.15) is 4.90 Å². The molecule has 1 aliphatic rings. The van der Waals surface area contributed by atoms with Gasteiger partial charge in [0.15, 0.2) is 0 Å². The number of nitrogens with zero attached hydrogens (tertiary/aromatic N) is 1. The second-order valence-corrected chi connectivity index (χ2v) is 6.14. The largest absolute Gasteiger partial charge is 0.391 e. The van der Waals surface area contributed by atoms with Gasteiger partial charge in [-0.25, -0.2) is 13.1 Å². The van der Waals surface area contributed by atoms with E-state index in [0.717, 1.165) is 6.42 Å². The predicted molar refractivity (Wildman–Crippen MR) is 62.0 cm³/mol. The molecule has 96 valence electrons. The summed E-state index contributed by atoms with van der Waals surface area (Å²) in [6.45, 7) is 3.31. The highest BCUT2D eigenvalue weighted by atomic mass is 32.2. The molecule has 2 unspecified atom stereocenters. The summed E-state index contributed by atoms with van der Waals surface area (Å²) >= 11 is 0. The van der Waals surface area contributed by atoms with E-state index in [1.165, 1.54) is 0 Å². The molecule has 3 N–H and O–H groups in total. The van der Waals surface area contributed by atoms with E-state index in [1.54, 1.807) is 13.8 Å². The average Bonchev–Trinajstić information content (AvgIpc) is 2.74.